The van der Waals surface area contributed by atoms with Crippen LogP contribution in [0.4, 0.5) is 0 Å². The number of aliphatic imine (C=N–C) groups is 1. The molecule has 2 heterocycles. The summed E-state index contributed by atoms with van der Waals surface area (Å²) in [5, 5.41) is 3.76. The van der Waals surface area contributed by atoms with Crippen LogP contribution in [0.5, 0.6) is 0 Å². The van der Waals surface area contributed by atoms with E-state index in [-0.39, 0.29) is 0 Å². The van der Waals surface area contributed by atoms with Crippen molar-refractivity contribution in [1.82, 2.24) is 4.98 Å². The Bertz CT molecular complexity index is 754. The second-order valence-electron chi connectivity index (χ2n) is 4.21. The number of fused-ring (bicyclic) bond motifs is 1. The van der Waals surface area contributed by atoms with Crippen LogP contribution in [0, 0.1) is 0 Å². The van der Waals surface area contributed by atoms with Gasteiger partial charge in [-0.25, -0.2) is 4.98 Å². The van der Waals surface area contributed by atoms with E-state index in [1.807, 2.05) is 35.7 Å². The van der Waals surface area contributed by atoms with Crippen molar-refractivity contribution in [1.29, 1.82) is 0 Å². The van der Waals surface area contributed by atoms with Crippen molar-refractivity contribution in [2.75, 3.05) is 0 Å². The first-order valence-electron chi connectivity index (χ1n) is 6.25. The molecule has 0 aliphatic rings. The normalized spacial score (nSPS) is 12.4. The van der Waals surface area contributed by atoms with E-state index in [0.717, 1.165) is 26.9 Å². The SMILES string of the molecule is C=N/C(=C(/N)SCc1nc2ccccc2s1)c1cccs1. The third kappa shape index (κ3) is 3.18. The number of benzene rings is 1. The van der Waals surface area contributed by atoms with E-state index < -0.39 is 0 Å². The predicted molar refractivity (Wildman–Crippen MR) is 95.9 cm³/mol. The number of thioether (sulfide) groups is 1. The minimum Gasteiger partial charge on any atom is -0.392 e. The Morgan fingerprint density at radius 1 is 1.29 bits per heavy atom. The van der Waals surface area contributed by atoms with E-state index in [1.165, 1.54) is 4.70 Å². The van der Waals surface area contributed by atoms with Crippen molar-refractivity contribution in [2.45, 2.75) is 5.75 Å². The molecule has 1 aromatic carbocycles. The predicted octanol–water partition coefficient (Wildman–Crippen LogP) is 4.58. The molecule has 3 nitrogen and oxygen atoms in total. The van der Waals surface area contributed by atoms with Crippen LogP contribution in [-0.2, 0) is 5.75 Å². The molecule has 106 valence electrons. The smallest absolute Gasteiger partial charge is 0.109 e. The summed E-state index contributed by atoms with van der Waals surface area (Å²) >= 11 is 4.87. The van der Waals surface area contributed by atoms with Gasteiger partial charge in [-0.05, 0) is 30.3 Å². The van der Waals surface area contributed by atoms with E-state index in [2.05, 4.69) is 22.8 Å². The lowest BCUT2D eigenvalue weighted by Gasteiger charge is -2.04. The highest BCUT2D eigenvalue weighted by Gasteiger charge is 2.09. The fraction of sp³-hybridized carbons (Fsp3) is 0.0667. The summed E-state index contributed by atoms with van der Waals surface area (Å²) < 4.78 is 1.20. The average Bonchev–Trinajstić information content (AvgIpc) is 3.14. The average molecular weight is 331 g/mol. The zero-order chi connectivity index (χ0) is 14.7. The van der Waals surface area contributed by atoms with E-state index in [1.54, 1.807) is 34.4 Å². The highest BCUT2D eigenvalue weighted by molar-refractivity contribution is 8.02. The van der Waals surface area contributed by atoms with Crippen molar-refractivity contribution < 1.29 is 0 Å². The molecule has 0 amide bonds. The molecule has 6 heteroatoms. The number of thiophene rings is 1. The van der Waals surface area contributed by atoms with Gasteiger partial charge >= 0.3 is 0 Å². The van der Waals surface area contributed by atoms with E-state index in [9.17, 15) is 0 Å². The van der Waals surface area contributed by atoms with Gasteiger partial charge in [0.05, 0.1) is 25.9 Å². The monoisotopic (exact) mass is 331 g/mol. The van der Waals surface area contributed by atoms with Gasteiger partial charge in [-0.3, -0.25) is 4.99 Å². The van der Waals surface area contributed by atoms with E-state index >= 15 is 0 Å². The van der Waals surface area contributed by atoms with Crippen molar-refractivity contribution in [3.63, 3.8) is 0 Å². The Kier molecular flexibility index (Phi) is 4.38. The fourth-order valence-electron chi connectivity index (χ4n) is 1.88. The molecule has 21 heavy (non-hydrogen) atoms. The van der Waals surface area contributed by atoms with Crippen molar-refractivity contribution in [3.8, 4) is 0 Å². The summed E-state index contributed by atoms with van der Waals surface area (Å²) in [5.74, 6) is 0.746. The Balaban J connectivity index is 1.78. The second kappa shape index (κ2) is 6.43. The summed E-state index contributed by atoms with van der Waals surface area (Å²) in [4.78, 5) is 9.71. The third-order valence-corrected chi connectivity index (χ3v) is 5.85. The number of aromatic nitrogens is 1. The Labute approximate surface area is 135 Å². The molecule has 0 radical (unpaired) electrons. The third-order valence-electron chi connectivity index (χ3n) is 2.84. The van der Waals surface area contributed by atoms with Gasteiger partial charge in [-0.1, -0.05) is 30.0 Å². The van der Waals surface area contributed by atoms with Gasteiger partial charge in [-0.2, -0.15) is 0 Å². The Morgan fingerprint density at radius 2 is 2.14 bits per heavy atom. The number of nitrogens with two attached hydrogens (primary N) is 1. The maximum Gasteiger partial charge on any atom is 0.109 e. The summed E-state index contributed by atoms with van der Waals surface area (Å²) in [6.07, 6.45) is 0. The highest BCUT2D eigenvalue weighted by Crippen LogP contribution is 2.31. The highest BCUT2D eigenvalue weighted by atomic mass is 32.2. The number of hydrogen-bond donors (Lipinski definition) is 1. The minimum absolute atomic E-state index is 0.687. The largest absolute Gasteiger partial charge is 0.392 e. The molecular weight excluding hydrogens is 318 g/mol. The van der Waals surface area contributed by atoms with Crippen molar-refractivity contribution in [3.05, 3.63) is 56.7 Å². The van der Waals surface area contributed by atoms with Crippen molar-refractivity contribution >= 4 is 57.1 Å². The lowest BCUT2D eigenvalue weighted by molar-refractivity contribution is 1.31. The van der Waals surface area contributed by atoms with Gasteiger partial charge in [0, 0.05) is 0 Å². The molecule has 0 atom stereocenters. The van der Waals surface area contributed by atoms with Gasteiger partial charge < -0.3 is 5.73 Å². The van der Waals surface area contributed by atoms with Gasteiger partial charge in [0.2, 0.25) is 0 Å². The van der Waals surface area contributed by atoms with Gasteiger partial charge in [-0.15, -0.1) is 22.7 Å². The second-order valence-corrected chi connectivity index (χ2v) is 7.29. The zero-order valence-electron chi connectivity index (χ0n) is 11.2. The van der Waals surface area contributed by atoms with E-state index in [0.29, 0.717) is 5.03 Å². The molecule has 2 N–H and O–H groups in total. The molecule has 0 bridgehead atoms. The van der Waals surface area contributed by atoms with Crippen LogP contribution in [0.15, 0.2) is 51.8 Å². The number of para-hydroxylation sites is 1. The first kappa shape index (κ1) is 14.3. The molecule has 0 aliphatic carbocycles. The molecule has 0 fully saturated rings. The minimum atomic E-state index is 0.687. The topological polar surface area (TPSA) is 51.3 Å². The lowest BCUT2D eigenvalue weighted by Crippen LogP contribution is -1.97. The molecule has 0 unspecified atom stereocenters. The standard InChI is InChI=1S/C15H13N3S3/c1-17-14(12-7-4-8-19-12)15(16)20-9-13-18-10-5-2-3-6-11(10)21-13/h2-8H,1,9,16H2/b15-14-. The molecule has 0 spiro atoms. The van der Waals surface area contributed by atoms with Crippen LogP contribution in [0.1, 0.15) is 9.88 Å². The molecule has 0 saturated carbocycles. The maximum atomic E-state index is 6.15. The molecule has 0 aliphatic heterocycles. The van der Waals surface area contributed by atoms with Gasteiger partial charge in [0.15, 0.2) is 0 Å². The van der Waals surface area contributed by atoms with Gasteiger partial charge in [0.1, 0.15) is 10.7 Å². The van der Waals surface area contributed by atoms with Crippen LogP contribution in [0.3, 0.4) is 0 Å². The zero-order valence-corrected chi connectivity index (χ0v) is 13.6. The van der Waals surface area contributed by atoms with Crippen molar-refractivity contribution in [2.24, 2.45) is 10.7 Å². The summed E-state index contributed by atoms with van der Waals surface area (Å²) in [5.41, 5.74) is 7.96. The van der Waals surface area contributed by atoms with Crippen LogP contribution < -0.4 is 5.73 Å². The summed E-state index contributed by atoms with van der Waals surface area (Å²) in [7, 11) is 0. The number of nitrogens with zero attached hydrogens (tertiary/aromatic N) is 2. The van der Waals surface area contributed by atoms with Crippen LogP contribution in [-0.4, -0.2) is 11.7 Å². The first-order valence-corrected chi connectivity index (χ1v) is 8.93. The number of rotatable bonds is 5. The molecule has 2 aromatic heterocycles. The summed E-state index contributed by atoms with van der Waals surface area (Å²) in [6, 6.07) is 12.1. The number of hydrogen-bond acceptors (Lipinski definition) is 6. The van der Waals surface area contributed by atoms with Crippen LogP contribution >= 0.6 is 34.4 Å². The quantitative estimate of drug-likeness (QED) is 0.696. The fourth-order valence-corrected chi connectivity index (χ4v) is 4.52. The van der Waals surface area contributed by atoms with Gasteiger partial charge in [0.25, 0.3) is 0 Å². The first-order chi connectivity index (χ1) is 10.3. The van der Waals surface area contributed by atoms with Crippen LogP contribution in [0.25, 0.3) is 15.9 Å². The maximum absolute atomic E-state index is 6.15. The molecule has 0 saturated heterocycles. The molecular formula is C15H13N3S3. The Hall–Kier alpha value is -1.63. The number of thiazole rings is 1. The summed E-state index contributed by atoms with van der Waals surface area (Å²) in [6.45, 7) is 3.62. The Morgan fingerprint density at radius 3 is 2.86 bits per heavy atom. The lowest BCUT2D eigenvalue weighted by atomic mass is 10.3. The molecule has 3 rings (SSSR count). The van der Waals surface area contributed by atoms with E-state index in [4.69, 9.17) is 5.73 Å². The molecule has 3 aromatic rings. The van der Waals surface area contributed by atoms with Crippen LogP contribution in [0.2, 0.25) is 0 Å².